The number of aromatic nitrogens is 4. The molecule has 0 saturated carbocycles. The number of hydrogen-bond donors (Lipinski definition) is 0. The molecular weight excluding hydrogens is 308 g/mol. The molecule has 0 aliphatic carbocycles. The van der Waals surface area contributed by atoms with E-state index in [1.807, 2.05) is 40.6 Å². The number of nitrogens with zero attached hydrogens (tertiary/aromatic N) is 6. The minimum Gasteiger partial charge on any atom is -0.354 e. The van der Waals surface area contributed by atoms with Crippen LogP contribution < -0.4 is 4.90 Å². The van der Waals surface area contributed by atoms with Gasteiger partial charge in [0.15, 0.2) is 4.77 Å². The molecule has 2 aromatic rings. The maximum atomic E-state index is 5.52. The SMILES string of the molecule is C=CCn1c(C)nn(CN2CCN(c3ccccn3)CC2)c1=S. The molecule has 1 aliphatic rings. The Bertz CT molecular complexity index is 712. The molecule has 0 unspecified atom stereocenters. The Balaban J connectivity index is 1.62. The molecule has 1 saturated heterocycles. The molecule has 6 nitrogen and oxygen atoms in total. The van der Waals surface area contributed by atoms with Crippen molar-refractivity contribution in [3.63, 3.8) is 0 Å². The first-order valence-electron chi connectivity index (χ1n) is 7.82. The molecule has 0 bridgehead atoms. The van der Waals surface area contributed by atoms with Crippen LogP contribution in [0.5, 0.6) is 0 Å². The second-order valence-corrected chi connectivity index (χ2v) is 6.03. The third-order valence-corrected chi connectivity index (χ3v) is 4.53. The van der Waals surface area contributed by atoms with Gasteiger partial charge in [-0.3, -0.25) is 4.90 Å². The second-order valence-electron chi connectivity index (χ2n) is 5.66. The third kappa shape index (κ3) is 3.51. The second kappa shape index (κ2) is 7.06. The summed E-state index contributed by atoms with van der Waals surface area (Å²) in [5.41, 5.74) is 0. The molecule has 1 aliphatic heterocycles. The van der Waals surface area contributed by atoms with E-state index >= 15 is 0 Å². The zero-order valence-corrected chi connectivity index (χ0v) is 14.2. The van der Waals surface area contributed by atoms with Crippen molar-refractivity contribution in [1.29, 1.82) is 0 Å². The Morgan fingerprint density at radius 1 is 1.26 bits per heavy atom. The summed E-state index contributed by atoms with van der Waals surface area (Å²) < 4.78 is 4.67. The Kier molecular flexibility index (Phi) is 4.88. The number of aryl methyl sites for hydroxylation is 1. The Hall–Kier alpha value is -1.99. The smallest absolute Gasteiger partial charge is 0.199 e. The van der Waals surface area contributed by atoms with Crippen molar-refractivity contribution in [2.75, 3.05) is 31.1 Å². The van der Waals surface area contributed by atoms with Crippen LogP contribution in [0.4, 0.5) is 5.82 Å². The maximum Gasteiger partial charge on any atom is 0.199 e. The topological polar surface area (TPSA) is 42.1 Å². The lowest BCUT2D eigenvalue weighted by Crippen LogP contribution is -2.47. The maximum absolute atomic E-state index is 5.52. The van der Waals surface area contributed by atoms with Crippen LogP contribution in [0.1, 0.15) is 5.82 Å². The number of hydrogen-bond acceptors (Lipinski definition) is 5. The predicted octanol–water partition coefficient (Wildman–Crippen LogP) is 2.08. The fourth-order valence-corrected chi connectivity index (χ4v) is 3.13. The molecule has 1 fully saturated rings. The van der Waals surface area contributed by atoms with Crippen molar-refractivity contribution in [3.8, 4) is 0 Å². The lowest BCUT2D eigenvalue weighted by molar-refractivity contribution is 0.193. The van der Waals surface area contributed by atoms with Crippen molar-refractivity contribution < 1.29 is 0 Å². The van der Waals surface area contributed by atoms with E-state index in [2.05, 4.69) is 32.5 Å². The van der Waals surface area contributed by atoms with Crippen LogP contribution in [0.2, 0.25) is 0 Å². The fraction of sp³-hybridized carbons (Fsp3) is 0.438. The molecule has 0 radical (unpaired) electrons. The van der Waals surface area contributed by atoms with Gasteiger partial charge in [0.05, 0.1) is 6.67 Å². The molecule has 122 valence electrons. The van der Waals surface area contributed by atoms with Gasteiger partial charge in [-0.15, -0.1) is 6.58 Å². The number of pyridine rings is 1. The number of allylic oxidation sites excluding steroid dienone is 1. The van der Waals surface area contributed by atoms with Gasteiger partial charge in [-0.05, 0) is 31.3 Å². The lowest BCUT2D eigenvalue weighted by Gasteiger charge is -2.35. The molecule has 0 spiro atoms. The summed E-state index contributed by atoms with van der Waals surface area (Å²) in [7, 11) is 0. The van der Waals surface area contributed by atoms with Crippen molar-refractivity contribution in [1.82, 2.24) is 24.2 Å². The predicted molar refractivity (Wildman–Crippen MR) is 94.0 cm³/mol. The fourth-order valence-electron chi connectivity index (χ4n) is 2.83. The summed E-state index contributed by atoms with van der Waals surface area (Å²) in [4.78, 5) is 9.11. The normalized spacial score (nSPS) is 15.8. The highest BCUT2D eigenvalue weighted by Gasteiger charge is 2.19. The average Bonchev–Trinajstić information content (AvgIpc) is 2.84. The zero-order chi connectivity index (χ0) is 16.2. The largest absolute Gasteiger partial charge is 0.354 e. The number of rotatable bonds is 5. The monoisotopic (exact) mass is 330 g/mol. The number of piperazine rings is 1. The summed E-state index contributed by atoms with van der Waals surface area (Å²) in [5, 5.41) is 4.56. The van der Waals surface area contributed by atoms with E-state index in [1.54, 1.807) is 0 Å². The molecule has 7 heteroatoms. The third-order valence-electron chi connectivity index (χ3n) is 4.10. The highest BCUT2D eigenvalue weighted by molar-refractivity contribution is 7.71. The molecule has 23 heavy (non-hydrogen) atoms. The van der Waals surface area contributed by atoms with Crippen LogP contribution in [0.25, 0.3) is 0 Å². The van der Waals surface area contributed by atoms with E-state index in [0.717, 1.165) is 49.3 Å². The Morgan fingerprint density at radius 2 is 2.04 bits per heavy atom. The van der Waals surface area contributed by atoms with Crippen LogP contribution >= 0.6 is 12.2 Å². The highest BCUT2D eigenvalue weighted by atomic mass is 32.1. The summed E-state index contributed by atoms with van der Waals surface area (Å²) >= 11 is 5.52. The van der Waals surface area contributed by atoms with E-state index < -0.39 is 0 Å². The Labute approximate surface area is 141 Å². The standard InChI is InChI=1S/C16H22N6S/c1-3-8-21-14(2)18-22(16(21)23)13-19-9-11-20(12-10-19)15-6-4-5-7-17-15/h3-7H,1,8-13H2,2H3. The summed E-state index contributed by atoms with van der Waals surface area (Å²) in [6, 6.07) is 6.04. The van der Waals surface area contributed by atoms with Gasteiger partial charge in [-0.1, -0.05) is 12.1 Å². The molecule has 3 heterocycles. The van der Waals surface area contributed by atoms with E-state index in [-0.39, 0.29) is 0 Å². The van der Waals surface area contributed by atoms with Crippen LogP contribution in [-0.4, -0.2) is 50.4 Å². The van der Waals surface area contributed by atoms with E-state index in [0.29, 0.717) is 6.54 Å². The van der Waals surface area contributed by atoms with Crippen molar-refractivity contribution >= 4 is 18.0 Å². The molecular formula is C16H22N6S. The zero-order valence-electron chi connectivity index (χ0n) is 13.4. The van der Waals surface area contributed by atoms with Crippen LogP contribution in [0, 0.1) is 11.7 Å². The highest BCUT2D eigenvalue weighted by Crippen LogP contribution is 2.13. The molecule has 2 aromatic heterocycles. The average molecular weight is 330 g/mol. The van der Waals surface area contributed by atoms with Gasteiger partial charge in [0.2, 0.25) is 0 Å². The van der Waals surface area contributed by atoms with Crippen LogP contribution in [0.15, 0.2) is 37.1 Å². The van der Waals surface area contributed by atoms with Gasteiger partial charge in [-0.2, -0.15) is 5.10 Å². The summed E-state index contributed by atoms with van der Waals surface area (Å²) in [5.74, 6) is 1.98. The van der Waals surface area contributed by atoms with Crippen molar-refractivity contribution in [2.45, 2.75) is 20.1 Å². The van der Waals surface area contributed by atoms with E-state index in [4.69, 9.17) is 12.2 Å². The molecule has 0 aromatic carbocycles. The number of anilines is 1. The lowest BCUT2D eigenvalue weighted by atomic mass is 10.3. The summed E-state index contributed by atoms with van der Waals surface area (Å²) in [6.45, 7) is 11.1. The van der Waals surface area contributed by atoms with Crippen LogP contribution in [-0.2, 0) is 13.2 Å². The molecule has 0 amide bonds. The quantitative estimate of drug-likeness (QED) is 0.620. The Morgan fingerprint density at radius 3 is 2.70 bits per heavy atom. The minimum absolute atomic E-state index is 0.706. The first kappa shape index (κ1) is 15.9. The molecule has 0 N–H and O–H groups in total. The van der Waals surface area contributed by atoms with Crippen molar-refractivity contribution in [2.24, 2.45) is 0 Å². The van der Waals surface area contributed by atoms with Gasteiger partial charge in [0.25, 0.3) is 0 Å². The van der Waals surface area contributed by atoms with Gasteiger partial charge in [0.1, 0.15) is 11.6 Å². The first-order valence-corrected chi connectivity index (χ1v) is 8.23. The van der Waals surface area contributed by atoms with Gasteiger partial charge in [0, 0.05) is 38.9 Å². The molecule has 0 atom stereocenters. The van der Waals surface area contributed by atoms with Crippen LogP contribution in [0.3, 0.4) is 0 Å². The minimum atomic E-state index is 0.706. The van der Waals surface area contributed by atoms with Gasteiger partial charge >= 0.3 is 0 Å². The molecule has 3 rings (SSSR count). The van der Waals surface area contributed by atoms with E-state index in [9.17, 15) is 0 Å². The van der Waals surface area contributed by atoms with E-state index in [1.165, 1.54) is 0 Å². The van der Waals surface area contributed by atoms with Gasteiger partial charge in [-0.25, -0.2) is 9.67 Å². The van der Waals surface area contributed by atoms with Gasteiger partial charge < -0.3 is 9.47 Å². The first-order chi connectivity index (χ1) is 11.2. The summed E-state index contributed by atoms with van der Waals surface area (Å²) in [6.07, 6.45) is 3.69. The van der Waals surface area contributed by atoms with Crippen molar-refractivity contribution in [3.05, 3.63) is 47.6 Å².